The van der Waals surface area contributed by atoms with Crippen LogP contribution in [-0.4, -0.2) is 51.9 Å². The van der Waals surface area contributed by atoms with Crippen molar-refractivity contribution in [3.05, 3.63) is 18.2 Å². The first kappa shape index (κ1) is 19.1. The lowest BCUT2D eigenvalue weighted by molar-refractivity contribution is -0.115. The fraction of sp³-hybridized carbons (Fsp3) is 0.611. The number of ether oxygens (including phenoxy) is 1. The molecule has 144 valence electrons. The zero-order chi connectivity index (χ0) is 18.6. The summed E-state index contributed by atoms with van der Waals surface area (Å²) in [5.74, 6) is 0.808. The number of piperidine rings is 1. The van der Waals surface area contributed by atoms with Crippen LogP contribution in [0.1, 0.15) is 32.1 Å². The van der Waals surface area contributed by atoms with Gasteiger partial charge in [-0.1, -0.05) is 6.42 Å². The van der Waals surface area contributed by atoms with E-state index in [9.17, 15) is 13.2 Å². The normalized spacial score (nSPS) is 18.5. The minimum atomic E-state index is -3.64. The Morgan fingerprint density at radius 3 is 2.62 bits per heavy atom. The van der Waals surface area contributed by atoms with E-state index in [0.29, 0.717) is 30.4 Å². The van der Waals surface area contributed by atoms with Crippen LogP contribution in [0.25, 0.3) is 0 Å². The van der Waals surface area contributed by atoms with Crippen molar-refractivity contribution in [3.63, 3.8) is 0 Å². The molecule has 1 aliphatic carbocycles. The fourth-order valence-electron chi connectivity index (χ4n) is 3.12. The van der Waals surface area contributed by atoms with Gasteiger partial charge in [0.25, 0.3) is 0 Å². The molecule has 0 unspecified atom stereocenters. The van der Waals surface area contributed by atoms with Gasteiger partial charge in [-0.15, -0.1) is 0 Å². The molecule has 1 aromatic rings. The summed E-state index contributed by atoms with van der Waals surface area (Å²) in [5.41, 5.74) is 0.458. The molecular formula is C18H27N3O4S. The van der Waals surface area contributed by atoms with Gasteiger partial charge >= 0.3 is 0 Å². The van der Waals surface area contributed by atoms with E-state index in [-0.39, 0.29) is 17.3 Å². The van der Waals surface area contributed by atoms with E-state index in [1.165, 1.54) is 30.3 Å². The molecule has 7 nitrogen and oxygen atoms in total. The number of amides is 1. The van der Waals surface area contributed by atoms with Gasteiger partial charge in [-0.3, -0.25) is 4.79 Å². The zero-order valence-corrected chi connectivity index (χ0v) is 16.0. The maximum absolute atomic E-state index is 13.0. The Kier molecular flexibility index (Phi) is 6.16. The van der Waals surface area contributed by atoms with Crippen molar-refractivity contribution in [3.8, 4) is 5.75 Å². The molecule has 1 aromatic carbocycles. The van der Waals surface area contributed by atoms with Crippen molar-refractivity contribution in [2.45, 2.75) is 37.0 Å². The minimum Gasteiger partial charge on any atom is -0.495 e. The molecule has 2 N–H and O–H groups in total. The number of nitrogens with one attached hydrogen (secondary N) is 2. The van der Waals surface area contributed by atoms with Crippen molar-refractivity contribution in [1.29, 1.82) is 0 Å². The molecule has 8 heteroatoms. The largest absolute Gasteiger partial charge is 0.495 e. The highest BCUT2D eigenvalue weighted by molar-refractivity contribution is 7.89. The van der Waals surface area contributed by atoms with Crippen LogP contribution in [0.2, 0.25) is 0 Å². The van der Waals surface area contributed by atoms with Crippen LogP contribution in [0.3, 0.4) is 0 Å². The van der Waals surface area contributed by atoms with Gasteiger partial charge in [0.2, 0.25) is 15.9 Å². The average Bonchev–Trinajstić information content (AvgIpc) is 3.47. The van der Waals surface area contributed by atoms with Crippen LogP contribution in [0, 0.1) is 5.92 Å². The highest BCUT2D eigenvalue weighted by atomic mass is 32.2. The maximum Gasteiger partial charge on any atom is 0.246 e. The van der Waals surface area contributed by atoms with Crippen LogP contribution in [0.15, 0.2) is 23.1 Å². The molecule has 1 saturated heterocycles. The van der Waals surface area contributed by atoms with E-state index >= 15 is 0 Å². The monoisotopic (exact) mass is 381 g/mol. The van der Waals surface area contributed by atoms with Gasteiger partial charge < -0.3 is 15.4 Å². The van der Waals surface area contributed by atoms with Crippen molar-refractivity contribution in [1.82, 2.24) is 9.62 Å². The number of carbonyl (C=O) groups is 1. The average molecular weight is 381 g/mol. The molecular weight excluding hydrogens is 354 g/mol. The summed E-state index contributed by atoms with van der Waals surface area (Å²) < 4.78 is 32.7. The first-order valence-corrected chi connectivity index (χ1v) is 10.6. The summed E-state index contributed by atoms with van der Waals surface area (Å²) >= 11 is 0. The third kappa shape index (κ3) is 4.75. The molecule has 1 aliphatic heterocycles. The summed E-state index contributed by atoms with van der Waals surface area (Å²) in [7, 11) is -2.19. The lowest BCUT2D eigenvalue weighted by Gasteiger charge is -2.26. The summed E-state index contributed by atoms with van der Waals surface area (Å²) in [6.45, 7) is 2.11. The molecule has 0 spiro atoms. The van der Waals surface area contributed by atoms with Gasteiger partial charge in [0.15, 0.2) is 0 Å². The molecule has 0 radical (unpaired) electrons. The minimum absolute atomic E-state index is 0.102. The second-order valence-electron chi connectivity index (χ2n) is 6.95. The Labute approximate surface area is 155 Å². The van der Waals surface area contributed by atoms with Crippen LogP contribution in [0.4, 0.5) is 5.69 Å². The first-order chi connectivity index (χ1) is 12.5. The molecule has 26 heavy (non-hydrogen) atoms. The quantitative estimate of drug-likeness (QED) is 0.717. The summed E-state index contributed by atoms with van der Waals surface area (Å²) in [6.07, 6.45) is 5.23. The van der Waals surface area contributed by atoms with Crippen LogP contribution in [-0.2, 0) is 14.8 Å². The number of benzene rings is 1. The van der Waals surface area contributed by atoms with E-state index in [2.05, 4.69) is 10.6 Å². The molecule has 0 atom stereocenters. The number of carbonyl (C=O) groups excluding carboxylic acids is 1. The standard InChI is InChI=1S/C18H27N3O4S/c1-25-16-8-7-15(20-18(22)13-19-12-14-5-6-14)11-17(16)26(23,24)21-9-3-2-4-10-21/h7-8,11,14,19H,2-6,9-10,12-13H2,1H3,(H,20,22). The second kappa shape index (κ2) is 8.37. The molecule has 0 aromatic heterocycles. The second-order valence-corrected chi connectivity index (χ2v) is 8.86. The molecule has 2 aliphatic rings. The van der Waals surface area contributed by atoms with E-state index in [1.807, 2.05) is 0 Å². The van der Waals surface area contributed by atoms with Crippen molar-refractivity contribution in [2.75, 3.05) is 38.6 Å². The molecule has 0 bridgehead atoms. The van der Waals surface area contributed by atoms with Crippen LogP contribution in [0.5, 0.6) is 5.75 Å². The highest BCUT2D eigenvalue weighted by Gasteiger charge is 2.29. The van der Waals surface area contributed by atoms with E-state index in [4.69, 9.17) is 4.74 Å². The number of anilines is 1. The van der Waals surface area contributed by atoms with Crippen molar-refractivity contribution < 1.29 is 17.9 Å². The SMILES string of the molecule is COc1ccc(NC(=O)CNCC2CC2)cc1S(=O)(=O)N1CCCCC1. The zero-order valence-electron chi connectivity index (χ0n) is 15.2. The van der Waals surface area contributed by atoms with Gasteiger partial charge in [0, 0.05) is 18.8 Å². The predicted molar refractivity (Wildman–Crippen MR) is 99.8 cm³/mol. The summed E-state index contributed by atoms with van der Waals surface area (Å²) in [6, 6.07) is 4.73. The topological polar surface area (TPSA) is 87.7 Å². The summed E-state index contributed by atoms with van der Waals surface area (Å²) in [4.78, 5) is 12.2. The molecule has 1 amide bonds. The number of sulfonamides is 1. The Morgan fingerprint density at radius 2 is 1.96 bits per heavy atom. The van der Waals surface area contributed by atoms with E-state index in [0.717, 1.165) is 25.8 Å². The molecule has 2 fully saturated rings. The van der Waals surface area contributed by atoms with Gasteiger partial charge in [-0.2, -0.15) is 4.31 Å². The maximum atomic E-state index is 13.0. The van der Waals surface area contributed by atoms with E-state index in [1.54, 1.807) is 12.1 Å². The number of methoxy groups -OCH3 is 1. The Bertz CT molecular complexity index is 741. The Balaban J connectivity index is 1.71. The fourth-order valence-corrected chi connectivity index (χ4v) is 4.82. The van der Waals surface area contributed by atoms with Gasteiger partial charge in [0.05, 0.1) is 13.7 Å². The smallest absolute Gasteiger partial charge is 0.246 e. The van der Waals surface area contributed by atoms with Crippen LogP contribution < -0.4 is 15.4 Å². The van der Waals surface area contributed by atoms with Crippen molar-refractivity contribution in [2.24, 2.45) is 5.92 Å². The van der Waals surface area contributed by atoms with E-state index < -0.39 is 10.0 Å². The third-order valence-electron chi connectivity index (χ3n) is 4.80. The van der Waals surface area contributed by atoms with Crippen LogP contribution >= 0.6 is 0 Å². The molecule has 3 rings (SSSR count). The number of hydrogen-bond acceptors (Lipinski definition) is 5. The summed E-state index contributed by atoms with van der Waals surface area (Å²) in [5, 5.41) is 5.89. The first-order valence-electron chi connectivity index (χ1n) is 9.19. The number of rotatable bonds is 8. The lowest BCUT2D eigenvalue weighted by Crippen LogP contribution is -2.35. The van der Waals surface area contributed by atoms with Crippen molar-refractivity contribution >= 4 is 21.6 Å². The third-order valence-corrected chi connectivity index (χ3v) is 6.72. The number of nitrogens with zero attached hydrogens (tertiary/aromatic N) is 1. The Hall–Kier alpha value is -1.64. The predicted octanol–water partition coefficient (Wildman–Crippen LogP) is 1.81. The lowest BCUT2D eigenvalue weighted by atomic mass is 10.2. The van der Waals surface area contributed by atoms with Gasteiger partial charge in [-0.25, -0.2) is 8.42 Å². The molecule has 1 heterocycles. The Morgan fingerprint density at radius 1 is 1.23 bits per heavy atom. The highest BCUT2D eigenvalue weighted by Crippen LogP contribution is 2.31. The number of hydrogen-bond donors (Lipinski definition) is 2. The molecule has 1 saturated carbocycles. The van der Waals surface area contributed by atoms with Gasteiger partial charge in [0.1, 0.15) is 10.6 Å². The van der Waals surface area contributed by atoms with Gasteiger partial charge in [-0.05, 0) is 56.3 Å².